The van der Waals surface area contributed by atoms with E-state index >= 15 is 0 Å². The van der Waals surface area contributed by atoms with Crippen molar-refractivity contribution in [3.05, 3.63) is 51.2 Å². The van der Waals surface area contributed by atoms with E-state index in [1.807, 2.05) is 0 Å². The molecule has 1 aliphatic heterocycles. The number of nitrogens with zero attached hydrogens (tertiary/aromatic N) is 2. The van der Waals surface area contributed by atoms with Crippen LogP contribution in [-0.2, 0) is 23.8 Å². The van der Waals surface area contributed by atoms with E-state index in [1.165, 1.54) is 25.3 Å². The third-order valence-corrected chi connectivity index (χ3v) is 4.74. The van der Waals surface area contributed by atoms with Gasteiger partial charge in [0.2, 0.25) is 0 Å². The third kappa shape index (κ3) is 5.43. The Balaban J connectivity index is 2.56. The van der Waals surface area contributed by atoms with Gasteiger partial charge in [-0.1, -0.05) is 12.1 Å². The molecule has 0 spiro atoms. The van der Waals surface area contributed by atoms with Crippen LogP contribution in [0, 0.1) is 16.0 Å². The Labute approximate surface area is 178 Å². The Morgan fingerprint density at radius 1 is 1.20 bits per heavy atom. The Bertz CT molecular complexity index is 882. The van der Waals surface area contributed by atoms with Crippen LogP contribution in [0.5, 0.6) is 0 Å². The lowest BCUT2D eigenvalue weighted by atomic mass is 9.75. The number of nitro benzene ring substituents is 1. The van der Waals surface area contributed by atoms with E-state index in [9.17, 15) is 19.7 Å². The molecule has 1 aromatic rings. The van der Waals surface area contributed by atoms with Crippen molar-refractivity contribution in [1.82, 2.24) is 0 Å². The van der Waals surface area contributed by atoms with Crippen molar-refractivity contribution < 1.29 is 28.7 Å². The molecular formula is C20H23ClN2O7. The van der Waals surface area contributed by atoms with Crippen molar-refractivity contribution in [1.29, 1.82) is 0 Å². The minimum Gasteiger partial charge on any atom is -0.464 e. The van der Waals surface area contributed by atoms with Crippen LogP contribution in [0.15, 0.2) is 40.5 Å². The average Bonchev–Trinajstić information content (AvgIpc) is 2.71. The molecule has 1 aromatic carbocycles. The lowest BCUT2D eigenvalue weighted by Gasteiger charge is -2.31. The van der Waals surface area contributed by atoms with Crippen molar-refractivity contribution in [2.75, 3.05) is 32.8 Å². The number of rotatable bonds is 9. The summed E-state index contributed by atoms with van der Waals surface area (Å²) in [6.07, 6.45) is 0. The first-order valence-electron chi connectivity index (χ1n) is 9.20. The van der Waals surface area contributed by atoms with Crippen molar-refractivity contribution in [3.8, 4) is 0 Å². The van der Waals surface area contributed by atoms with E-state index in [0.717, 1.165) is 0 Å². The van der Waals surface area contributed by atoms with Gasteiger partial charge in [0, 0.05) is 36.6 Å². The molecule has 1 heterocycles. The summed E-state index contributed by atoms with van der Waals surface area (Å²) in [6.45, 7) is 3.47. The molecule has 0 N–H and O–H groups in total. The second-order valence-electron chi connectivity index (χ2n) is 6.54. The molecule has 10 heteroatoms. The van der Waals surface area contributed by atoms with Crippen LogP contribution < -0.4 is 0 Å². The number of non-ortho nitro benzene ring substituents is 1. The van der Waals surface area contributed by atoms with Crippen LogP contribution in [0.2, 0.25) is 0 Å². The molecule has 2 unspecified atom stereocenters. The average molecular weight is 439 g/mol. The van der Waals surface area contributed by atoms with E-state index in [0.29, 0.717) is 17.0 Å². The first-order chi connectivity index (χ1) is 14.3. The fraction of sp³-hybridized carbons (Fsp3) is 0.450. The molecule has 0 aliphatic carbocycles. The van der Waals surface area contributed by atoms with E-state index in [2.05, 4.69) is 4.99 Å². The molecule has 2 rings (SSSR count). The molecule has 0 saturated carbocycles. The van der Waals surface area contributed by atoms with Gasteiger partial charge < -0.3 is 14.2 Å². The number of carbonyl (C=O) groups excluding carboxylic acids is 2. The molecule has 0 aromatic heterocycles. The number of benzene rings is 1. The molecule has 0 amide bonds. The quantitative estimate of drug-likeness (QED) is 0.191. The standard InChI is InChI=1S/C20H23ClN2O7/c1-12-16(19(24)29-8-7-21)18(14-5-4-6-15(11-14)23(26)27)17(13(2)22-12)20(25)30-10-9-28-3/h4-6,11,16,18H,7-10H2,1-3H3. The maximum Gasteiger partial charge on any atom is 0.336 e. The van der Waals surface area contributed by atoms with Crippen molar-refractivity contribution in [2.24, 2.45) is 10.9 Å². The molecule has 9 nitrogen and oxygen atoms in total. The number of hydrogen-bond acceptors (Lipinski definition) is 8. The molecule has 0 radical (unpaired) electrons. The molecule has 30 heavy (non-hydrogen) atoms. The number of allylic oxidation sites excluding steroid dienone is 1. The first-order valence-corrected chi connectivity index (χ1v) is 9.74. The van der Waals surface area contributed by atoms with E-state index in [4.69, 9.17) is 25.8 Å². The Kier molecular flexibility index (Phi) is 8.49. The van der Waals surface area contributed by atoms with E-state index in [-0.39, 0.29) is 37.0 Å². The Morgan fingerprint density at radius 3 is 2.57 bits per heavy atom. The molecule has 1 aliphatic rings. The fourth-order valence-corrected chi connectivity index (χ4v) is 3.40. The van der Waals surface area contributed by atoms with Crippen molar-refractivity contribution >= 4 is 34.9 Å². The SMILES string of the molecule is COCCOC(=O)C1=C(C)N=C(C)C(C(=O)OCCCl)C1c1cccc([N+](=O)[O-])c1. The number of aliphatic imine (C=N–C) groups is 1. The zero-order chi connectivity index (χ0) is 22.3. The predicted octanol–water partition coefficient (Wildman–Crippen LogP) is 3.01. The fourth-order valence-electron chi connectivity index (χ4n) is 3.32. The van der Waals surface area contributed by atoms with Crippen LogP contribution >= 0.6 is 11.6 Å². The largest absolute Gasteiger partial charge is 0.464 e. The summed E-state index contributed by atoms with van der Waals surface area (Å²) in [7, 11) is 1.47. The maximum atomic E-state index is 12.9. The predicted molar refractivity (Wildman–Crippen MR) is 110 cm³/mol. The minimum absolute atomic E-state index is 0.0117. The number of carbonyl (C=O) groups is 2. The summed E-state index contributed by atoms with van der Waals surface area (Å²) in [5.41, 5.74) is 1.18. The topological polar surface area (TPSA) is 117 Å². The maximum absolute atomic E-state index is 12.9. The van der Waals surface area contributed by atoms with Gasteiger partial charge in [0.25, 0.3) is 5.69 Å². The zero-order valence-corrected chi connectivity index (χ0v) is 17.7. The second-order valence-corrected chi connectivity index (χ2v) is 6.92. The number of halogens is 1. The second kappa shape index (κ2) is 10.8. The number of hydrogen-bond donors (Lipinski definition) is 0. The lowest BCUT2D eigenvalue weighted by molar-refractivity contribution is -0.384. The highest BCUT2D eigenvalue weighted by atomic mass is 35.5. The summed E-state index contributed by atoms with van der Waals surface area (Å²) in [5.74, 6) is -3.00. The Morgan fingerprint density at radius 2 is 1.93 bits per heavy atom. The van der Waals surface area contributed by atoms with Crippen molar-refractivity contribution in [2.45, 2.75) is 19.8 Å². The zero-order valence-electron chi connectivity index (χ0n) is 16.9. The van der Waals surface area contributed by atoms with Gasteiger partial charge in [-0.3, -0.25) is 19.9 Å². The number of alkyl halides is 1. The van der Waals surface area contributed by atoms with Gasteiger partial charge in [-0.2, -0.15) is 0 Å². The Hall–Kier alpha value is -2.78. The third-order valence-electron chi connectivity index (χ3n) is 4.58. The number of esters is 2. The summed E-state index contributed by atoms with van der Waals surface area (Å²) < 4.78 is 15.4. The summed E-state index contributed by atoms with van der Waals surface area (Å²) in [6, 6.07) is 5.79. The first kappa shape index (κ1) is 23.5. The van der Waals surface area contributed by atoms with Crippen LogP contribution in [-0.4, -0.2) is 55.4 Å². The van der Waals surface area contributed by atoms with Gasteiger partial charge >= 0.3 is 11.9 Å². The van der Waals surface area contributed by atoms with Gasteiger partial charge in [0.1, 0.15) is 19.1 Å². The van der Waals surface area contributed by atoms with Crippen LogP contribution in [0.1, 0.15) is 25.3 Å². The van der Waals surface area contributed by atoms with Gasteiger partial charge in [-0.25, -0.2) is 4.79 Å². The highest BCUT2D eigenvalue weighted by Crippen LogP contribution is 2.40. The minimum atomic E-state index is -0.955. The molecule has 0 saturated heterocycles. The van der Waals surface area contributed by atoms with Crippen LogP contribution in [0.4, 0.5) is 5.69 Å². The van der Waals surface area contributed by atoms with Gasteiger partial charge in [0.05, 0.1) is 23.0 Å². The summed E-state index contributed by atoms with van der Waals surface area (Å²) in [4.78, 5) is 40.8. The molecule has 0 bridgehead atoms. The highest BCUT2D eigenvalue weighted by molar-refractivity contribution is 6.18. The highest BCUT2D eigenvalue weighted by Gasteiger charge is 2.42. The molecule has 2 atom stereocenters. The van der Waals surface area contributed by atoms with Crippen molar-refractivity contribution in [3.63, 3.8) is 0 Å². The summed E-state index contributed by atoms with van der Waals surface area (Å²) >= 11 is 5.63. The molecule has 0 fully saturated rings. The number of methoxy groups -OCH3 is 1. The van der Waals surface area contributed by atoms with E-state index < -0.39 is 28.7 Å². The smallest absolute Gasteiger partial charge is 0.336 e. The van der Waals surface area contributed by atoms with Gasteiger partial charge in [-0.05, 0) is 19.4 Å². The normalized spacial score (nSPS) is 18.6. The lowest BCUT2D eigenvalue weighted by Crippen LogP contribution is -2.37. The van der Waals surface area contributed by atoms with Gasteiger partial charge in [-0.15, -0.1) is 11.6 Å². The number of ether oxygens (including phenoxy) is 3. The number of nitro groups is 1. The van der Waals surface area contributed by atoms with Crippen LogP contribution in [0.3, 0.4) is 0 Å². The van der Waals surface area contributed by atoms with Gasteiger partial charge in [0.15, 0.2) is 0 Å². The monoisotopic (exact) mass is 438 g/mol. The molecule has 162 valence electrons. The van der Waals surface area contributed by atoms with Crippen LogP contribution in [0.25, 0.3) is 0 Å². The molecular weight excluding hydrogens is 416 g/mol. The summed E-state index contributed by atoms with van der Waals surface area (Å²) in [5, 5.41) is 11.3. The van der Waals surface area contributed by atoms with E-state index in [1.54, 1.807) is 19.9 Å².